The molecule has 1 N–H and O–H groups in total. The van der Waals surface area contributed by atoms with Crippen molar-refractivity contribution in [3.8, 4) is 0 Å². The number of carbonyl (C=O) groups is 2. The molecule has 2 aromatic carbocycles. The number of piperidine rings is 1. The Morgan fingerprint density at radius 1 is 1.24 bits per heavy atom. The summed E-state index contributed by atoms with van der Waals surface area (Å²) in [5.74, 6) is -0.0797. The monoisotopic (exact) mass is 645 g/mol. The summed E-state index contributed by atoms with van der Waals surface area (Å²) in [6.07, 6.45) is 2.69. The first kappa shape index (κ1) is 31.2. The van der Waals surface area contributed by atoms with Crippen LogP contribution in [0.5, 0.6) is 0 Å². The Morgan fingerprint density at radius 3 is 2.71 bits per heavy atom. The third-order valence-corrected chi connectivity index (χ3v) is 8.21. The smallest absolute Gasteiger partial charge is 0.306 e. The maximum atomic E-state index is 14.3. The number of benzene rings is 2. The van der Waals surface area contributed by atoms with Gasteiger partial charge in [0.25, 0.3) is 5.91 Å². The molecule has 3 aromatic rings. The number of nitrogens with one attached hydrogen (secondary N) is 1. The van der Waals surface area contributed by atoms with Gasteiger partial charge in [-0.15, -0.1) is 0 Å². The van der Waals surface area contributed by atoms with E-state index in [4.69, 9.17) is 21.3 Å². The van der Waals surface area contributed by atoms with Crippen molar-refractivity contribution in [1.29, 1.82) is 0 Å². The van der Waals surface area contributed by atoms with E-state index >= 15 is 0 Å². The van der Waals surface area contributed by atoms with Gasteiger partial charge in [0.2, 0.25) is 0 Å². The summed E-state index contributed by atoms with van der Waals surface area (Å²) >= 11 is 10.0. The lowest BCUT2D eigenvalue weighted by Crippen LogP contribution is -2.36. The lowest BCUT2D eigenvalue weighted by molar-refractivity contribution is -0.155. The topological polar surface area (TPSA) is 71.5 Å². The number of ether oxygens (including phenoxy) is 1. The molecule has 41 heavy (non-hydrogen) atoms. The van der Waals surface area contributed by atoms with Gasteiger partial charge >= 0.3 is 5.97 Å². The number of aromatic nitrogens is 1. The van der Waals surface area contributed by atoms with E-state index in [-0.39, 0.29) is 24.8 Å². The number of anilines is 1. The molecule has 1 aliphatic rings. The van der Waals surface area contributed by atoms with E-state index in [2.05, 4.69) is 33.1 Å². The number of halogens is 3. The second-order valence-electron chi connectivity index (χ2n) is 12.0. The molecule has 9 heteroatoms. The van der Waals surface area contributed by atoms with Crippen molar-refractivity contribution in [3.05, 3.63) is 68.4 Å². The van der Waals surface area contributed by atoms with Crippen LogP contribution in [-0.2, 0) is 9.53 Å². The molecule has 220 valence electrons. The van der Waals surface area contributed by atoms with Crippen LogP contribution in [0.2, 0.25) is 5.02 Å². The molecule has 1 aromatic heterocycles. The van der Waals surface area contributed by atoms with Gasteiger partial charge in [0.05, 0.1) is 11.1 Å². The molecule has 1 saturated heterocycles. The molecular weight excluding hydrogens is 609 g/mol. The Kier molecular flexibility index (Phi) is 9.96. The summed E-state index contributed by atoms with van der Waals surface area (Å²) in [7, 11) is 0. The van der Waals surface area contributed by atoms with Gasteiger partial charge in [-0.1, -0.05) is 34.5 Å². The van der Waals surface area contributed by atoms with Gasteiger partial charge in [0, 0.05) is 52.4 Å². The van der Waals surface area contributed by atoms with Crippen molar-refractivity contribution in [1.82, 2.24) is 10.3 Å². The fourth-order valence-electron chi connectivity index (χ4n) is 5.48. The molecular formula is C32H38BrClFN3O3. The van der Waals surface area contributed by atoms with Gasteiger partial charge < -0.3 is 15.0 Å². The Bertz CT molecular complexity index is 1440. The highest BCUT2D eigenvalue weighted by Crippen LogP contribution is 2.33. The highest BCUT2D eigenvalue weighted by molar-refractivity contribution is 9.10. The first-order chi connectivity index (χ1) is 19.3. The van der Waals surface area contributed by atoms with E-state index < -0.39 is 17.3 Å². The summed E-state index contributed by atoms with van der Waals surface area (Å²) in [6.45, 7) is 11.6. The number of fused-ring (bicyclic) bond motifs is 1. The summed E-state index contributed by atoms with van der Waals surface area (Å²) in [5.41, 5.74) is 2.04. The molecule has 1 aliphatic heterocycles. The largest absolute Gasteiger partial charge is 0.460 e. The van der Waals surface area contributed by atoms with Crippen LogP contribution in [0.3, 0.4) is 0 Å². The maximum Gasteiger partial charge on any atom is 0.306 e. The van der Waals surface area contributed by atoms with Crippen LogP contribution in [-0.4, -0.2) is 42.1 Å². The van der Waals surface area contributed by atoms with Crippen LogP contribution in [0.1, 0.15) is 80.8 Å². The SMILES string of the molecule is Cc1c(N2CCCC(C)C2)nc2ccc(Br)cc2c1C(=O)NCC(CCC(=O)OC(C)(C)C)c1cc(F)ccc1Cl. The lowest BCUT2D eigenvalue weighted by atomic mass is 9.93. The molecule has 0 aliphatic carbocycles. The highest BCUT2D eigenvalue weighted by atomic mass is 79.9. The van der Waals surface area contributed by atoms with Crippen LogP contribution >= 0.6 is 27.5 Å². The second kappa shape index (κ2) is 13.1. The first-order valence-electron chi connectivity index (χ1n) is 14.1. The minimum atomic E-state index is -0.616. The Hall–Kier alpha value is -2.71. The van der Waals surface area contributed by atoms with E-state index in [0.29, 0.717) is 28.5 Å². The molecule has 2 heterocycles. The van der Waals surface area contributed by atoms with Crippen LogP contribution in [0.15, 0.2) is 40.9 Å². The van der Waals surface area contributed by atoms with Gasteiger partial charge in [-0.3, -0.25) is 9.59 Å². The van der Waals surface area contributed by atoms with Gasteiger partial charge in [0.1, 0.15) is 17.2 Å². The minimum Gasteiger partial charge on any atom is -0.460 e. The first-order valence-corrected chi connectivity index (χ1v) is 15.3. The number of hydrogen-bond donors (Lipinski definition) is 1. The zero-order chi connectivity index (χ0) is 29.9. The van der Waals surface area contributed by atoms with Crippen molar-refractivity contribution in [3.63, 3.8) is 0 Å². The van der Waals surface area contributed by atoms with Gasteiger partial charge in [-0.25, -0.2) is 9.37 Å². The Morgan fingerprint density at radius 2 is 2.00 bits per heavy atom. The third-order valence-electron chi connectivity index (χ3n) is 7.37. The molecule has 6 nitrogen and oxygen atoms in total. The predicted molar refractivity (Wildman–Crippen MR) is 166 cm³/mol. The predicted octanol–water partition coefficient (Wildman–Crippen LogP) is 7.97. The minimum absolute atomic E-state index is 0.103. The van der Waals surface area contributed by atoms with E-state index in [1.165, 1.54) is 24.6 Å². The third kappa shape index (κ3) is 7.98. The van der Waals surface area contributed by atoms with E-state index in [9.17, 15) is 14.0 Å². The fraction of sp³-hybridized carbons (Fsp3) is 0.469. The Labute approximate surface area is 255 Å². The van der Waals surface area contributed by atoms with Crippen LogP contribution < -0.4 is 10.2 Å². The van der Waals surface area contributed by atoms with Crippen molar-refractivity contribution < 1.29 is 18.7 Å². The summed E-state index contributed by atoms with van der Waals surface area (Å²) < 4.78 is 20.6. The van der Waals surface area contributed by atoms with E-state index in [1.807, 2.05) is 45.9 Å². The van der Waals surface area contributed by atoms with Gasteiger partial charge in [-0.05, 0) is 94.8 Å². The Balaban J connectivity index is 1.65. The number of pyridine rings is 1. The molecule has 2 unspecified atom stereocenters. The molecule has 2 atom stereocenters. The standard InChI is InChI=1S/C32H38BrClFN3O3/c1-19-7-6-14-38(18-19)30-20(2)29(25-15-22(33)9-12-27(25)37-30)31(40)36-17-21(8-13-28(39)41-32(3,4)5)24-16-23(35)10-11-26(24)34/h9-12,15-16,19,21H,6-8,13-14,17-18H2,1-5H3,(H,36,40). The average molecular weight is 647 g/mol. The van der Waals surface area contributed by atoms with Crippen molar-refractivity contribution in [2.75, 3.05) is 24.5 Å². The maximum absolute atomic E-state index is 14.3. The van der Waals surface area contributed by atoms with Crippen molar-refractivity contribution >= 4 is 56.1 Å². The molecule has 4 rings (SSSR count). The van der Waals surface area contributed by atoms with E-state index in [0.717, 1.165) is 46.3 Å². The number of hydrogen-bond acceptors (Lipinski definition) is 5. The van der Waals surface area contributed by atoms with Gasteiger partial charge in [-0.2, -0.15) is 0 Å². The number of carbonyl (C=O) groups excluding carboxylic acids is 2. The van der Waals surface area contributed by atoms with Crippen LogP contribution in [0.25, 0.3) is 10.9 Å². The second-order valence-corrected chi connectivity index (χ2v) is 13.3. The molecule has 0 radical (unpaired) electrons. The quantitative estimate of drug-likeness (QED) is 0.252. The molecule has 0 bridgehead atoms. The molecule has 1 amide bonds. The molecule has 0 spiro atoms. The number of esters is 1. The number of nitrogens with zero attached hydrogens (tertiary/aromatic N) is 2. The molecule has 1 fully saturated rings. The normalized spacial score (nSPS) is 16.5. The fourth-order valence-corrected chi connectivity index (χ4v) is 6.12. The highest BCUT2D eigenvalue weighted by Gasteiger charge is 2.26. The zero-order valence-electron chi connectivity index (χ0n) is 24.3. The van der Waals surface area contributed by atoms with Gasteiger partial charge in [0.15, 0.2) is 0 Å². The van der Waals surface area contributed by atoms with E-state index in [1.54, 1.807) is 0 Å². The zero-order valence-corrected chi connectivity index (χ0v) is 26.7. The van der Waals surface area contributed by atoms with Crippen LogP contribution in [0, 0.1) is 18.7 Å². The lowest BCUT2D eigenvalue weighted by Gasteiger charge is -2.33. The number of amides is 1. The molecule has 0 saturated carbocycles. The van der Waals surface area contributed by atoms with Crippen molar-refractivity contribution in [2.45, 2.75) is 71.8 Å². The average Bonchev–Trinajstić information content (AvgIpc) is 2.89. The van der Waals surface area contributed by atoms with Crippen molar-refractivity contribution in [2.24, 2.45) is 5.92 Å². The summed E-state index contributed by atoms with van der Waals surface area (Å²) in [5, 5.41) is 4.20. The van der Waals surface area contributed by atoms with Crippen LogP contribution in [0.4, 0.5) is 10.2 Å². The summed E-state index contributed by atoms with van der Waals surface area (Å²) in [6, 6.07) is 9.92. The number of rotatable bonds is 8. The summed E-state index contributed by atoms with van der Waals surface area (Å²) in [4.78, 5) is 33.7.